The van der Waals surface area contributed by atoms with Gasteiger partial charge in [-0.2, -0.15) is 0 Å². The van der Waals surface area contributed by atoms with Gasteiger partial charge in [0.1, 0.15) is 5.60 Å². The number of aliphatic hydroxyl groups is 1. The van der Waals surface area contributed by atoms with E-state index in [-0.39, 0.29) is 18.6 Å². The summed E-state index contributed by atoms with van der Waals surface area (Å²) in [6.07, 6.45) is 2.47. The molecular weight excluding hydrogens is 268 g/mol. The Morgan fingerprint density at radius 2 is 2.33 bits per heavy atom. The zero-order valence-corrected chi connectivity index (χ0v) is 12.1. The van der Waals surface area contributed by atoms with Crippen molar-refractivity contribution < 1.29 is 14.6 Å². The van der Waals surface area contributed by atoms with Crippen LogP contribution < -0.4 is 5.32 Å². The molecule has 5 nitrogen and oxygen atoms in total. The van der Waals surface area contributed by atoms with E-state index in [1.165, 1.54) is 0 Å². The van der Waals surface area contributed by atoms with E-state index in [4.69, 9.17) is 4.74 Å². The number of H-pyrrole nitrogens is 1. The first kappa shape index (κ1) is 14.1. The van der Waals surface area contributed by atoms with E-state index in [1.54, 1.807) is 0 Å². The summed E-state index contributed by atoms with van der Waals surface area (Å²) in [6.45, 7) is 2.60. The van der Waals surface area contributed by atoms with E-state index >= 15 is 0 Å². The Labute approximate surface area is 123 Å². The molecule has 0 spiro atoms. The number of para-hydroxylation sites is 1. The smallest absolute Gasteiger partial charge is 0.224 e. The van der Waals surface area contributed by atoms with E-state index in [1.807, 2.05) is 37.4 Å². The van der Waals surface area contributed by atoms with Crippen molar-refractivity contribution in [3.8, 4) is 0 Å². The minimum Gasteiger partial charge on any atom is -0.385 e. The molecule has 21 heavy (non-hydrogen) atoms. The second-order valence-corrected chi connectivity index (χ2v) is 5.68. The molecule has 3 rings (SSSR count). The molecule has 0 bridgehead atoms. The van der Waals surface area contributed by atoms with Gasteiger partial charge >= 0.3 is 0 Å². The van der Waals surface area contributed by atoms with Crippen LogP contribution in [0.3, 0.4) is 0 Å². The number of carbonyl (C=O) groups excluding carboxylic acids is 1. The summed E-state index contributed by atoms with van der Waals surface area (Å²) in [7, 11) is 0. The summed E-state index contributed by atoms with van der Waals surface area (Å²) in [5.74, 6) is -0.0905. The lowest BCUT2D eigenvalue weighted by molar-refractivity contribution is -0.122. The Morgan fingerprint density at radius 1 is 1.52 bits per heavy atom. The van der Waals surface area contributed by atoms with E-state index in [0.717, 1.165) is 16.5 Å². The maximum absolute atomic E-state index is 12.1. The molecule has 0 radical (unpaired) electrons. The molecule has 112 valence electrons. The molecular formula is C16H20N2O3. The first-order valence-corrected chi connectivity index (χ1v) is 7.24. The predicted molar refractivity (Wildman–Crippen MR) is 80.0 cm³/mol. The van der Waals surface area contributed by atoms with Crippen molar-refractivity contribution >= 4 is 16.8 Å². The highest BCUT2D eigenvalue weighted by Gasteiger charge is 2.39. The second kappa shape index (κ2) is 5.50. The minimum atomic E-state index is -0.949. The summed E-state index contributed by atoms with van der Waals surface area (Å²) < 4.78 is 5.36. The summed E-state index contributed by atoms with van der Waals surface area (Å²) in [6, 6.07) is 7.89. The molecule has 2 atom stereocenters. The minimum absolute atomic E-state index is 0.0905. The number of benzene rings is 1. The van der Waals surface area contributed by atoms with E-state index in [0.29, 0.717) is 19.4 Å². The molecule has 2 aromatic rings. The van der Waals surface area contributed by atoms with Crippen LogP contribution in [0.25, 0.3) is 10.9 Å². The molecule has 2 unspecified atom stereocenters. The number of fused-ring (bicyclic) bond motifs is 1. The Hall–Kier alpha value is -1.85. The fourth-order valence-electron chi connectivity index (χ4n) is 2.77. The van der Waals surface area contributed by atoms with Crippen molar-refractivity contribution in [2.45, 2.75) is 31.5 Å². The number of rotatable bonds is 4. The molecule has 1 amide bonds. The number of amides is 1. The summed E-state index contributed by atoms with van der Waals surface area (Å²) in [5, 5.41) is 14.2. The average Bonchev–Trinajstić information content (AvgIpc) is 3.03. The molecule has 1 saturated heterocycles. The molecule has 2 heterocycles. The number of ether oxygens (including phenoxy) is 1. The van der Waals surface area contributed by atoms with Crippen LogP contribution in [-0.2, 0) is 16.0 Å². The summed E-state index contributed by atoms with van der Waals surface area (Å²) >= 11 is 0. The fraction of sp³-hybridized carbons (Fsp3) is 0.438. The predicted octanol–water partition coefficient (Wildman–Crippen LogP) is 1.37. The van der Waals surface area contributed by atoms with Crippen molar-refractivity contribution in [1.82, 2.24) is 10.3 Å². The van der Waals surface area contributed by atoms with Gasteiger partial charge in [-0.15, -0.1) is 0 Å². The van der Waals surface area contributed by atoms with E-state index < -0.39 is 5.60 Å². The number of aromatic nitrogens is 1. The van der Waals surface area contributed by atoms with Crippen LogP contribution in [0.5, 0.6) is 0 Å². The summed E-state index contributed by atoms with van der Waals surface area (Å²) in [4.78, 5) is 15.2. The van der Waals surface area contributed by atoms with Crippen LogP contribution >= 0.6 is 0 Å². The first-order chi connectivity index (χ1) is 10.1. The topological polar surface area (TPSA) is 74.3 Å². The number of nitrogens with one attached hydrogen (secondary N) is 2. The fourth-order valence-corrected chi connectivity index (χ4v) is 2.77. The van der Waals surface area contributed by atoms with Crippen LogP contribution in [0.4, 0.5) is 0 Å². The number of hydrogen-bond acceptors (Lipinski definition) is 3. The third-order valence-electron chi connectivity index (χ3n) is 4.28. The second-order valence-electron chi connectivity index (χ2n) is 5.68. The Morgan fingerprint density at radius 3 is 3.10 bits per heavy atom. The van der Waals surface area contributed by atoms with Gasteiger partial charge in [0.15, 0.2) is 0 Å². The highest BCUT2D eigenvalue weighted by Crippen LogP contribution is 2.24. The van der Waals surface area contributed by atoms with Crippen molar-refractivity contribution in [2.75, 3.05) is 13.2 Å². The van der Waals surface area contributed by atoms with Gasteiger partial charge in [0.05, 0.1) is 12.5 Å². The molecule has 3 N–H and O–H groups in total. The van der Waals surface area contributed by atoms with Gasteiger partial charge in [-0.1, -0.05) is 18.2 Å². The van der Waals surface area contributed by atoms with Gasteiger partial charge in [-0.05, 0) is 18.6 Å². The highest BCUT2D eigenvalue weighted by atomic mass is 16.5. The lowest BCUT2D eigenvalue weighted by atomic mass is 9.96. The number of carbonyl (C=O) groups is 1. The molecule has 0 aliphatic carbocycles. The van der Waals surface area contributed by atoms with Gasteiger partial charge in [0.25, 0.3) is 0 Å². The Kier molecular flexibility index (Phi) is 3.69. The SMILES string of the molecule is CC1OCCC1(O)CNC(=O)Cc1c[nH]c2ccccc12. The van der Waals surface area contributed by atoms with Crippen LogP contribution in [0.1, 0.15) is 18.9 Å². The molecule has 1 aliphatic heterocycles. The third kappa shape index (κ3) is 2.80. The Balaban J connectivity index is 1.62. The van der Waals surface area contributed by atoms with E-state index in [9.17, 15) is 9.90 Å². The Bertz CT molecular complexity index is 652. The molecule has 1 aromatic carbocycles. The maximum Gasteiger partial charge on any atom is 0.224 e. The molecule has 1 fully saturated rings. The zero-order chi connectivity index (χ0) is 14.9. The van der Waals surface area contributed by atoms with E-state index in [2.05, 4.69) is 10.3 Å². The van der Waals surface area contributed by atoms with Gasteiger partial charge < -0.3 is 20.1 Å². The standard InChI is InChI=1S/C16H20N2O3/c1-11-16(20,6-7-21-11)10-18-15(19)8-12-9-17-14-5-3-2-4-13(12)14/h2-5,9,11,17,20H,6-8,10H2,1H3,(H,18,19). The van der Waals surface area contributed by atoms with Gasteiger partial charge in [-0.3, -0.25) is 4.79 Å². The van der Waals surface area contributed by atoms with Crippen molar-refractivity contribution in [3.05, 3.63) is 36.0 Å². The third-order valence-corrected chi connectivity index (χ3v) is 4.28. The summed E-state index contributed by atoms with van der Waals surface area (Å²) in [5.41, 5.74) is 1.04. The maximum atomic E-state index is 12.1. The van der Waals surface area contributed by atoms with Crippen molar-refractivity contribution in [3.63, 3.8) is 0 Å². The molecule has 5 heteroatoms. The van der Waals surface area contributed by atoms with Crippen LogP contribution in [0.15, 0.2) is 30.5 Å². The van der Waals surface area contributed by atoms with Crippen molar-refractivity contribution in [2.24, 2.45) is 0 Å². The van der Waals surface area contributed by atoms with Gasteiger partial charge in [-0.25, -0.2) is 0 Å². The first-order valence-electron chi connectivity index (χ1n) is 7.24. The zero-order valence-electron chi connectivity index (χ0n) is 12.1. The van der Waals surface area contributed by atoms with Crippen LogP contribution in [0.2, 0.25) is 0 Å². The molecule has 1 aliphatic rings. The van der Waals surface area contributed by atoms with Crippen molar-refractivity contribution in [1.29, 1.82) is 0 Å². The molecule has 0 saturated carbocycles. The van der Waals surface area contributed by atoms with Gasteiger partial charge in [0, 0.05) is 36.7 Å². The monoisotopic (exact) mass is 288 g/mol. The number of hydrogen-bond donors (Lipinski definition) is 3. The normalized spacial score (nSPS) is 25.3. The van der Waals surface area contributed by atoms with Crippen LogP contribution in [-0.4, -0.2) is 40.9 Å². The quantitative estimate of drug-likeness (QED) is 0.795. The lowest BCUT2D eigenvalue weighted by Gasteiger charge is -2.26. The largest absolute Gasteiger partial charge is 0.385 e. The number of aromatic amines is 1. The lowest BCUT2D eigenvalue weighted by Crippen LogP contribution is -2.47. The van der Waals surface area contributed by atoms with Crippen LogP contribution in [0, 0.1) is 0 Å². The molecule has 1 aromatic heterocycles. The highest BCUT2D eigenvalue weighted by molar-refractivity contribution is 5.88. The van der Waals surface area contributed by atoms with Gasteiger partial charge in [0.2, 0.25) is 5.91 Å². The average molecular weight is 288 g/mol.